The van der Waals surface area contributed by atoms with Crippen molar-refractivity contribution in [2.75, 3.05) is 0 Å². The fourth-order valence-corrected chi connectivity index (χ4v) is 5.45. The van der Waals surface area contributed by atoms with Gasteiger partial charge in [-0.1, -0.05) is 6.07 Å². The van der Waals surface area contributed by atoms with Crippen molar-refractivity contribution in [3.8, 4) is 20.3 Å². The molecule has 4 nitrogen and oxygen atoms in total. The summed E-state index contributed by atoms with van der Waals surface area (Å²) in [5.74, 6) is 0.828. The molecule has 0 spiro atoms. The molecule has 0 fully saturated rings. The number of nitrogens with zero attached hydrogens (tertiary/aromatic N) is 4. The summed E-state index contributed by atoms with van der Waals surface area (Å²) in [6.45, 7) is 0. The molecule has 0 aliphatic heterocycles. The first-order valence-electron chi connectivity index (χ1n) is 8.33. The molecule has 132 valence electrons. The fraction of sp³-hybridized carbons (Fsp3) is 0.0500. The molecular weight excluding hydrogens is 392 g/mol. The monoisotopic (exact) mass is 406 g/mol. The lowest BCUT2D eigenvalue weighted by atomic mass is 10.3. The van der Waals surface area contributed by atoms with Crippen molar-refractivity contribution >= 4 is 55.7 Å². The Balaban J connectivity index is 1.43. The lowest BCUT2D eigenvalue weighted by Crippen LogP contribution is -1.88. The van der Waals surface area contributed by atoms with Gasteiger partial charge in [0.2, 0.25) is 0 Å². The maximum atomic E-state index is 4.44. The molecule has 0 bridgehead atoms. The Morgan fingerprint density at radius 1 is 0.889 bits per heavy atom. The molecule has 1 aromatic carbocycles. The van der Waals surface area contributed by atoms with Crippen molar-refractivity contribution in [1.29, 1.82) is 0 Å². The van der Waals surface area contributed by atoms with Crippen LogP contribution in [-0.4, -0.2) is 9.55 Å². The molecule has 0 aliphatic rings. The minimum atomic E-state index is 0.812. The standard InChI is InChI=1S/C20H14N4S3/c1-24-15(17-7-8-19(27-17)18-3-2-10-25-18)5-9-20(24)23-22-13-4-6-16-14(11-13)21-12-26-16/h2-12H,1H3. The van der Waals surface area contributed by atoms with Crippen molar-refractivity contribution in [2.24, 2.45) is 17.3 Å². The zero-order valence-corrected chi connectivity index (χ0v) is 16.8. The van der Waals surface area contributed by atoms with Crippen LogP contribution in [0.25, 0.3) is 30.5 Å². The van der Waals surface area contributed by atoms with Gasteiger partial charge >= 0.3 is 0 Å². The van der Waals surface area contributed by atoms with Crippen molar-refractivity contribution in [2.45, 2.75) is 0 Å². The van der Waals surface area contributed by atoms with Crippen LogP contribution in [0.15, 0.2) is 75.7 Å². The van der Waals surface area contributed by atoms with E-state index in [0.717, 1.165) is 27.4 Å². The van der Waals surface area contributed by atoms with E-state index in [1.807, 2.05) is 36.8 Å². The molecule has 0 unspecified atom stereocenters. The first-order chi connectivity index (χ1) is 13.3. The van der Waals surface area contributed by atoms with Crippen molar-refractivity contribution in [3.05, 3.63) is 65.5 Å². The van der Waals surface area contributed by atoms with Gasteiger partial charge in [0.15, 0.2) is 5.82 Å². The van der Waals surface area contributed by atoms with Crippen LogP contribution in [0.4, 0.5) is 11.5 Å². The zero-order valence-electron chi connectivity index (χ0n) is 14.4. The van der Waals surface area contributed by atoms with Gasteiger partial charge in [-0.25, -0.2) is 4.98 Å². The van der Waals surface area contributed by atoms with Gasteiger partial charge in [0, 0.05) is 16.8 Å². The summed E-state index contributed by atoms with van der Waals surface area (Å²) in [7, 11) is 2.03. The van der Waals surface area contributed by atoms with Crippen molar-refractivity contribution < 1.29 is 0 Å². The molecule has 5 aromatic rings. The Kier molecular flexibility index (Phi) is 4.20. The number of fused-ring (bicyclic) bond motifs is 1. The predicted molar refractivity (Wildman–Crippen MR) is 116 cm³/mol. The Hall–Kier alpha value is -2.61. The van der Waals surface area contributed by atoms with Crippen LogP contribution in [0.1, 0.15) is 0 Å². The smallest absolute Gasteiger partial charge is 0.155 e. The van der Waals surface area contributed by atoms with Crippen molar-refractivity contribution in [3.63, 3.8) is 0 Å². The Morgan fingerprint density at radius 3 is 2.70 bits per heavy atom. The van der Waals surface area contributed by atoms with Crippen LogP contribution < -0.4 is 0 Å². The summed E-state index contributed by atoms with van der Waals surface area (Å²) < 4.78 is 3.24. The number of aromatic nitrogens is 2. The maximum absolute atomic E-state index is 4.44. The second-order valence-corrected chi connectivity index (χ2v) is 8.90. The van der Waals surface area contributed by atoms with Crippen LogP contribution in [0, 0.1) is 0 Å². The topological polar surface area (TPSA) is 42.5 Å². The molecule has 27 heavy (non-hydrogen) atoms. The highest BCUT2D eigenvalue weighted by molar-refractivity contribution is 7.23. The first kappa shape index (κ1) is 16.6. The molecule has 7 heteroatoms. The van der Waals surface area contributed by atoms with Crippen molar-refractivity contribution in [1.82, 2.24) is 9.55 Å². The number of hydrogen-bond donors (Lipinski definition) is 0. The van der Waals surface area contributed by atoms with Gasteiger partial charge in [0.1, 0.15) is 0 Å². The van der Waals surface area contributed by atoms with Crippen LogP contribution in [0.2, 0.25) is 0 Å². The molecule has 5 rings (SSSR count). The van der Waals surface area contributed by atoms with E-state index in [1.54, 1.807) is 34.0 Å². The summed E-state index contributed by atoms with van der Waals surface area (Å²) in [6, 6.07) is 18.7. The maximum Gasteiger partial charge on any atom is 0.155 e. The molecule has 0 saturated heterocycles. The van der Waals surface area contributed by atoms with Gasteiger partial charge < -0.3 is 4.57 Å². The van der Waals surface area contributed by atoms with Crippen LogP contribution in [-0.2, 0) is 7.05 Å². The summed E-state index contributed by atoms with van der Waals surface area (Å²) in [5.41, 5.74) is 4.77. The molecular formula is C20H14N4S3. The lowest BCUT2D eigenvalue weighted by molar-refractivity contribution is 0.920. The third kappa shape index (κ3) is 3.14. The second-order valence-electron chi connectivity index (χ2n) is 5.98. The van der Waals surface area contributed by atoms with Crippen LogP contribution in [0.3, 0.4) is 0 Å². The SMILES string of the molecule is Cn1c(N=Nc2ccc3scnc3c2)ccc1-c1ccc(-c2cccs2)s1. The summed E-state index contributed by atoms with van der Waals surface area (Å²) in [4.78, 5) is 8.16. The molecule has 4 aromatic heterocycles. The minimum absolute atomic E-state index is 0.812. The van der Waals surface area contributed by atoms with Gasteiger partial charge in [0.25, 0.3) is 0 Å². The molecule has 0 aliphatic carbocycles. The lowest BCUT2D eigenvalue weighted by Gasteiger charge is -2.02. The number of thiophene rings is 2. The highest BCUT2D eigenvalue weighted by Gasteiger charge is 2.10. The third-order valence-electron chi connectivity index (χ3n) is 4.30. The van der Waals surface area contributed by atoms with E-state index in [-0.39, 0.29) is 0 Å². The largest absolute Gasteiger partial charge is 0.327 e. The van der Waals surface area contributed by atoms with Gasteiger partial charge in [-0.2, -0.15) is 0 Å². The number of rotatable bonds is 4. The average molecular weight is 407 g/mol. The van der Waals surface area contributed by atoms with Gasteiger partial charge in [0.05, 0.1) is 32.0 Å². The van der Waals surface area contributed by atoms with E-state index in [0.29, 0.717) is 0 Å². The number of thiazole rings is 1. The van der Waals surface area contributed by atoms with Gasteiger partial charge in [-0.3, -0.25) is 0 Å². The highest BCUT2D eigenvalue weighted by atomic mass is 32.1. The molecule has 0 atom stereocenters. The summed E-state index contributed by atoms with van der Waals surface area (Å²) in [6.07, 6.45) is 0. The predicted octanol–water partition coefficient (Wildman–Crippen LogP) is 7.51. The third-order valence-corrected chi connectivity index (χ3v) is 7.28. The zero-order chi connectivity index (χ0) is 18.2. The van der Waals surface area contributed by atoms with Gasteiger partial charge in [-0.15, -0.1) is 44.2 Å². The minimum Gasteiger partial charge on any atom is -0.327 e. The van der Waals surface area contributed by atoms with E-state index in [4.69, 9.17) is 0 Å². The van der Waals surface area contributed by atoms with Crippen LogP contribution >= 0.6 is 34.0 Å². The normalized spacial score (nSPS) is 11.7. The Bertz CT molecular complexity index is 1240. The Labute approximate surface area is 168 Å². The average Bonchev–Trinajstić information content (AvgIpc) is 3.45. The van der Waals surface area contributed by atoms with Gasteiger partial charge in [-0.05, 0) is 53.9 Å². The molecule has 0 radical (unpaired) electrons. The highest BCUT2D eigenvalue weighted by Crippen LogP contribution is 2.38. The number of hydrogen-bond acceptors (Lipinski definition) is 6. The number of benzene rings is 1. The van der Waals surface area contributed by atoms with E-state index in [2.05, 4.69) is 55.5 Å². The molecule has 0 saturated carbocycles. The quantitative estimate of drug-likeness (QED) is 0.285. The Morgan fingerprint density at radius 2 is 1.81 bits per heavy atom. The van der Waals surface area contributed by atoms with E-state index < -0.39 is 0 Å². The van der Waals surface area contributed by atoms with E-state index in [1.165, 1.54) is 14.6 Å². The molecule has 0 amide bonds. The van der Waals surface area contributed by atoms with E-state index in [9.17, 15) is 0 Å². The van der Waals surface area contributed by atoms with Crippen LogP contribution in [0.5, 0.6) is 0 Å². The molecule has 4 heterocycles. The summed E-state index contributed by atoms with van der Waals surface area (Å²) in [5, 5.41) is 10.9. The van der Waals surface area contributed by atoms with E-state index >= 15 is 0 Å². The second kappa shape index (κ2) is 6.84. The summed E-state index contributed by atoms with van der Waals surface area (Å²) >= 11 is 5.19. The molecule has 0 N–H and O–H groups in total. The first-order valence-corrected chi connectivity index (χ1v) is 10.9. The fourth-order valence-electron chi connectivity index (χ4n) is 2.89. The number of azo groups is 1.